The average Bonchev–Trinajstić information content (AvgIpc) is 2.33. The van der Waals surface area contributed by atoms with Crippen LogP contribution < -0.4 is 5.73 Å². The van der Waals surface area contributed by atoms with Crippen molar-refractivity contribution in [3.8, 4) is 0 Å². The van der Waals surface area contributed by atoms with Crippen LogP contribution >= 0.6 is 46.6 Å². The highest BCUT2D eigenvalue weighted by Crippen LogP contribution is 2.37. The van der Waals surface area contributed by atoms with Gasteiger partial charge in [0.2, 0.25) is 0 Å². The van der Waals surface area contributed by atoms with Crippen molar-refractivity contribution in [3.63, 3.8) is 0 Å². The number of hydrogen-bond acceptors (Lipinski definition) is 2. The van der Waals surface area contributed by atoms with Crippen LogP contribution in [-0.4, -0.2) is 0 Å². The number of hydrogen-bond donors (Lipinski definition) is 1. The van der Waals surface area contributed by atoms with Crippen molar-refractivity contribution in [2.24, 2.45) is 5.73 Å². The van der Waals surface area contributed by atoms with E-state index in [4.69, 9.17) is 40.5 Å². The van der Waals surface area contributed by atoms with Crippen molar-refractivity contribution in [2.75, 3.05) is 0 Å². The van der Waals surface area contributed by atoms with E-state index in [-0.39, 0.29) is 6.04 Å². The molecule has 0 aliphatic rings. The first-order chi connectivity index (χ1) is 8.97. The fourth-order valence-corrected chi connectivity index (χ4v) is 3.43. The summed E-state index contributed by atoms with van der Waals surface area (Å²) in [6.07, 6.45) is 0. The molecule has 0 fully saturated rings. The van der Waals surface area contributed by atoms with E-state index in [2.05, 4.69) is 0 Å². The number of halogens is 3. The summed E-state index contributed by atoms with van der Waals surface area (Å²) >= 11 is 19.8. The van der Waals surface area contributed by atoms with Gasteiger partial charge in [-0.1, -0.05) is 52.6 Å². The molecule has 0 aliphatic carbocycles. The Labute approximate surface area is 132 Å². The molecule has 0 saturated carbocycles. The van der Waals surface area contributed by atoms with Crippen molar-refractivity contribution in [3.05, 3.63) is 57.0 Å². The Morgan fingerprint density at radius 1 is 1.00 bits per heavy atom. The number of benzene rings is 2. The van der Waals surface area contributed by atoms with Gasteiger partial charge in [0.25, 0.3) is 0 Å². The van der Waals surface area contributed by atoms with E-state index in [1.54, 1.807) is 12.1 Å². The third-order valence-electron chi connectivity index (χ3n) is 2.58. The fourth-order valence-electron chi connectivity index (χ4n) is 1.62. The molecule has 5 heteroatoms. The Morgan fingerprint density at radius 3 is 2.37 bits per heavy atom. The zero-order valence-electron chi connectivity index (χ0n) is 10.2. The molecule has 19 heavy (non-hydrogen) atoms. The minimum atomic E-state index is -0.0821. The molecular formula is C14H12Cl3NS. The van der Waals surface area contributed by atoms with Crippen molar-refractivity contribution in [1.82, 2.24) is 0 Å². The van der Waals surface area contributed by atoms with Crippen LogP contribution in [0.2, 0.25) is 15.1 Å². The minimum Gasteiger partial charge on any atom is -0.324 e. The van der Waals surface area contributed by atoms with Gasteiger partial charge in [0, 0.05) is 25.9 Å². The fraction of sp³-hybridized carbons (Fsp3) is 0.143. The molecule has 0 heterocycles. The van der Waals surface area contributed by atoms with Gasteiger partial charge in [-0.25, -0.2) is 0 Å². The standard InChI is InChI=1S/C14H12Cl3NS/c1-8(18)11-4-3-10(7-13(11)17)19-14-6-9(15)2-5-12(14)16/h2-8H,18H2,1H3. The molecule has 100 valence electrons. The Hall–Kier alpha value is -0.380. The maximum absolute atomic E-state index is 6.21. The van der Waals surface area contributed by atoms with Gasteiger partial charge in [0.15, 0.2) is 0 Å². The molecular weight excluding hydrogens is 321 g/mol. The topological polar surface area (TPSA) is 26.0 Å². The lowest BCUT2D eigenvalue weighted by Gasteiger charge is -2.10. The van der Waals surface area contributed by atoms with E-state index < -0.39 is 0 Å². The molecule has 2 aromatic carbocycles. The molecule has 1 nitrogen and oxygen atoms in total. The first kappa shape index (κ1) is 15.0. The van der Waals surface area contributed by atoms with Gasteiger partial charge < -0.3 is 5.73 Å². The van der Waals surface area contributed by atoms with Gasteiger partial charge in [-0.05, 0) is 42.8 Å². The molecule has 0 radical (unpaired) electrons. The van der Waals surface area contributed by atoms with Gasteiger partial charge in [-0.2, -0.15) is 0 Å². The first-order valence-corrected chi connectivity index (χ1v) is 7.60. The molecule has 0 spiro atoms. The third kappa shape index (κ3) is 3.80. The van der Waals surface area contributed by atoms with Gasteiger partial charge in [-0.3, -0.25) is 0 Å². The van der Waals surface area contributed by atoms with Crippen LogP contribution in [0.3, 0.4) is 0 Å². The Balaban J connectivity index is 2.29. The van der Waals surface area contributed by atoms with E-state index in [0.717, 1.165) is 15.4 Å². The number of nitrogens with two attached hydrogens (primary N) is 1. The smallest absolute Gasteiger partial charge is 0.0546 e. The maximum atomic E-state index is 6.21. The third-order valence-corrected chi connectivity index (χ3v) is 4.63. The van der Waals surface area contributed by atoms with Crippen molar-refractivity contribution in [1.29, 1.82) is 0 Å². The van der Waals surface area contributed by atoms with Crippen LogP contribution in [0.5, 0.6) is 0 Å². The van der Waals surface area contributed by atoms with Gasteiger partial charge >= 0.3 is 0 Å². The lowest BCUT2D eigenvalue weighted by Crippen LogP contribution is -2.05. The van der Waals surface area contributed by atoms with Crippen LogP contribution in [0.4, 0.5) is 0 Å². The quantitative estimate of drug-likeness (QED) is 0.766. The summed E-state index contributed by atoms with van der Waals surface area (Å²) in [6.45, 7) is 1.90. The predicted octanol–water partition coefficient (Wildman–Crippen LogP) is 5.82. The van der Waals surface area contributed by atoms with Gasteiger partial charge in [0.1, 0.15) is 0 Å². The van der Waals surface area contributed by atoms with Crippen molar-refractivity contribution in [2.45, 2.75) is 22.8 Å². The van der Waals surface area contributed by atoms with Crippen LogP contribution in [0.25, 0.3) is 0 Å². The second kappa shape index (κ2) is 6.38. The lowest BCUT2D eigenvalue weighted by molar-refractivity contribution is 0.817. The van der Waals surface area contributed by atoms with E-state index in [9.17, 15) is 0 Å². The molecule has 1 unspecified atom stereocenters. The Morgan fingerprint density at radius 2 is 1.74 bits per heavy atom. The van der Waals surface area contributed by atoms with Gasteiger partial charge in [-0.15, -0.1) is 0 Å². The van der Waals surface area contributed by atoms with Crippen LogP contribution in [0.1, 0.15) is 18.5 Å². The highest BCUT2D eigenvalue weighted by Gasteiger charge is 2.08. The normalized spacial score (nSPS) is 12.5. The van der Waals surface area contributed by atoms with E-state index in [1.165, 1.54) is 11.8 Å². The van der Waals surface area contributed by atoms with Crippen LogP contribution in [-0.2, 0) is 0 Å². The zero-order chi connectivity index (χ0) is 14.0. The molecule has 1 atom stereocenters. The number of rotatable bonds is 3. The Kier molecular flexibility index (Phi) is 5.04. The zero-order valence-corrected chi connectivity index (χ0v) is 13.2. The summed E-state index contributed by atoms with van der Waals surface area (Å²) in [7, 11) is 0. The average molecular weight is 333 g/mol. The maximum Gasteiger partial charge on any atom is 0.0546 e. The SMILES string of the molecule is CC(N)c1ccc(Sc2cc(Cl)ccc2Cl)cc1Cl. The molecule has 2 aromatic rings. The second-order valence-corrected chi connectivity index (χ2v) is 6.51. The second-order valence-electron chi connectivity index (χ2n) is 4.15. The summed E-state index contributed by atoms with van der Waals surface area (Å²) in [5.74, 6) is 0. The summed E-state index contributed by atoms with van der Waals surface area (Å²) in [5, 5.41) is 1.99. The monoisotopic (exact) mass is 331 g/mol. The molecule has 2 rings (SSSR count). The summed E-state index contributed by atoms with van der Waals surface area (Å²) < 4.78 is 0. The van der Waals surface area contributed by atoms with E-state index >= 15 is 0 Å². The van der Waals surface area contributed by atoms with Crippen LogP contribution in [0, 0.1) is 0 Å². The predicted molar refractivity (Wildman–Crippen MR) is 84.6 cm³/mol. The molecule has 2 N–H and O–H groups in total. The first-order valence-electron chi connectivity index (χ1n) is 5.65. The minimum absolute atomic E-state index is 0.0821. The molecule has 0 bridgehead atoms. The van der Waals surface area contributed by atoms with Crippen molar-refractivity contribution < 1.29 is 0 Å². The van der Waals surface area contributed by atoms with Crippen LogP contribution in [0.15, 0.2) is 46.2 Å². The molecule has 0 aromatic heterocycles. The Bertz CT molecular complexity index is 599. The lowest BCUT2D eigenvalue weighted by atomic mass is 10.1. The largest absolute Gasteiger partial charge is 0.324 e. The molecule has 0 amide bonds. The van der Waals surface area contributed by atoms with E-state index in [0.29, 0.717) is 15.1 Å². The highest BCUT2D eigenvalue weighted by molar-refractivity contribution is 7.99. The molecule has 0 saturated heterocycles. The highest BCUT2D eigenvalue weighted by atomic mass is 35.5. The summed E-state index contributed by atoms with van der Waals surface area (Å²) in [6, 6.07) is 11.1. The van der Waals surface area contributed by atoms with Gasteiger partial charge in [0.05, 0.1) is 5.02 Å². The molecule has 0 aliphatic heterocycles. The van der Waals surface area contributed by atoms with E-state index in [1.807, 2.05) is 31.2 Å². The summed E-state index contributed by atoms with van der Waals surface area (Å²) in [4.78, 5) is 1.90. The van der Waals surface area contributed by atoms with Crippen molar-refractivity contribution >= 4 is 46.6 Å². The summed E-state index contributed by atoms with van der Waals surface area (Å²) in [5.41, 5.74) is 6.76.